The number of amides is 1. The summed E-state index contributed by atoms with van der Waals surface area (Å²) in [4.78, 5) is 12.2. The van der Waals surface area contributed by atoms with Crippen molar-refractivity contribution >= 4 is 5.91 Å². The summed E-state index contributed by atoms with van der Waals surface area (Å²) in [6.07, 6.45) is 14.7. The second kappa shape index (κ2) is 9.51. The molecule has 0 aromatic carbocycles. The lowest BCUT2D eigenvalue weighted by Gasteiger charge is -2.35. The van der Waals surface area contributed by atoms with E-state index in [0.717, 1.165) is 25.9 Å². The number of nitrogens with two attached hydrogens (primary N) is 1. The Labute approximate surface area is 136 Å². The number of nitrogens with one attached hydrogen (secondary N) is 2. The first-order chi connectivity index (χ1) is 10.7. The number of rotatable bonds is 7. The van der Waals surface area contributed by atoms with Crippen LogP contribution in [0.4, 0.5) is 0 Å². The zero-order valence-electron chi connectivity index (χ0n) is 14.2. The first-order valence-corrected chi connectivity index (χ1v) is 9.44. The van der Waals surface area contributed by atoms with Crippen molar-refractivity contribution in [3.8, 4) is 0 Å². The lowest BCUT2D eigenvalue weighted by molar-refractivity contribution is -0.123. The van der Waals surface area contributed by atoms with E-state index in [9.17, 15) is 4.79 Å². The molecular formula is C18H35N3O. The molecule has 4 nitrogen and oxygen atoms in total. The van der Waals surface area contributed by atoms with E-state index in [1.807, 2.05) is 0 Å². The van der Waals surface area contributed by atoms with Crippen LogP contribution in [0.1, 0.15) is 77.0 Å². The lowest BCUT2D eigenvalue weighted by atomic mass is 9.71. The summed E-state index contributed by atoms with van der Waals surface area (Å²) in [5, 5.41) is 6.69. The quantitative estimate of drug-likeness (QED) is 0.500. The number of hydrogen-bond donors (Lipinski definition) is 3. The largest absolute Gasteiger partial charge is 0.355 e. The smallest absolute Gasteiger partial charge is 0.220 e. The van der Waals surface area contributed by atoms with E-state index in [1.165, 1.54) is 57.8 Å². The minimum atomic E-state index is 0.0804. The highest BCUT2D eigenvalue weighted by atomic mass is 16.1. The Morgan fingerprint density at radius 3 is 2.23 bits per heavy atom. The summed E-state index contributed by atoms with van der Waals surface area (Å²) in [6, 6.07) is 0.660. The van der Waals surface area contributed by atoms with Crippen molar-refractivity contribution in [2.45, 2.75) is 83.1 Å². The van der Waals surface area contributed by atoms with Crippen LogP contribution < -0.4 is 16.4 Å². The third-order valence-corrected chi connectivity index (χ3v) is 5.62. The Hall–Kier alpha value is -0.610. The maximum atomic E-state index is 12.2. The molecule has 128 valence electrons. The number of carbonyl (C=O) groups excluding carboxylic acids is 1. The highest BCUT2D eigenvalue weighted by Gasteiger charge is 2.32. The molecule has 0 spiro atoms. The topological polar surface area (TPSA) is 67.2 Å². The highest BCUT2D eigenvalue weighted by molar-refractivity contribution is 5.76. The van der Waals surface area contributed by atoms with Gasteiger partial charge in [-0.2, -0.15) is 0 Å². The SMILES string of the molecule is NCC1(CC(=O)NCCNC2CCCCCC2)CCCCC1. The molecule has 0 aliphatic heterocycles. The van der Waals surface area contributed by atoms with Crippen molar-refractivity contribution in [1.29, 1.82) is 0 Å². The molecule has 2 aliphatic rings. The van der Waals surface area contributed by atoms with E-state index in [0.29, 0.717) is 19.0 Å². The first-order valence-electron chi connectivity index (χ1n) is 9.44. The molecule has 4 N–H and O–H groups in total. The molecule has 0 radical (unpaired) electrons. The van der Waals surface area contributed by atoms with Gasteiger partial charge in [0, 0.05) is 25.6 Å². The van der Waals surface area contributed by atoms with Crippen LogP contribution in [0.15, 0.2) is 0 Å². The zero-order valence-corrected chi connectivity index (χ0v) is 14.2. The molecule has 0 heterocycles. The Balaban J connectivity index is 1.60. The standard InChI is InChI=1S/C18H35N3O/c19-15-18(10-6-3-7-11-18)14-17(22)21-13-12-20-16-8-4-1-2-5-9-16/h16,20H,1-15,19H2,(H,21,22). The van der Waals surface area contributed by atoms with E-state index in [-0.39, 0.29) is 11.3 Å². The van der Waals surface area contributed by atoms with Crippen LogP contribution in [-0.2, 0) is 4.79 Å². The number of carbonyl (C=O) groups is 1. The van der Waals surface area contributed by atoms with Gasteiger partial charge in [0.15, 0.2) is 0 Å². The van der Waals surface area contributed by atoms with Gasteiger partial charge < -0.3 is 16.4 Å². The Morgan fingerprint density at radius 2 is 1.59 bits per heavy atom. The molecule has 0 saturated heterocycles. The fourth-order valence-corrected chi connectivity index (χ4v) is 4.12. The Kier molecular flexibility index (Phi) is 7.67. The van der Waals surface area contributed by atoms with Crippen LogP contribution in [0.2, 0.25) is 0 Å². The van der Waals surface area contributed by atoms with Gasteiger partial charge in [-0.3, -0.25) is 4.79 Å². The second-order valence-corrected chi connectivity index (χ2v) is 7.43. The normalized spacial score (nSPS) is 23.0. The van der Waals surface area contributed by atoms with Gasteiger partial charge in [0.1, 0.15) is 0 Å². The van der Waals surface area contributed by atoms with Gasteiger partial charge in [-0.05, 0) is 37.6 Å². The van der Waals surface area contributed by atoms with E-state index in [1.54, 1.807) is 0 Å². The maximum absolute atomic E-state index is 12.2. The highest BCUT2D eigenvalue weighted by Crippen LogP contribution is 2.38. The van der Waals surface area contributed by atoms with Crippen molar-refractivity contribution in [2.24, 2.45) is 11.1 Å². The van der Waals surface area contributed by atoms with E-state index in [2.05, 4.69) is 10.6 Å². The molecular weight excluding hydrogens is 274 g/mol. The third kappa shape index (κ3) is 5.88. The lowest BCUT2D eigenvalue weighted by Crippen LogP contribution is -2.41. The summed E-state index contributed by atoms with van der Waals surface area (Å²) in [6.45, 7) is 2.29. The average molecular weight is 309 g/mol. The molecule has 2 aliphatic carbocycles. The van der Waals surface area contributed by atoms with E-state index >= 15 is 0 Å². The van der Waals surface area contributed by atoms with Gasteiger partial charge in [-0.15, -0.1) is 0 Å². The fourth-order valence-electron chi connectivity index (χ4n) is 4.12. The maximum Gasteiger partial charge on any atom is 0.220 e. The van der Waals surface area contributed by atoms with Crippen LogP contribution in [0, 0.1) is 5.41 Å². The fraction of sp³-hybridized carbons (Fsp3) is 0.944. The molecule has 4 heteroatoms. The minimum Gasteiger partial charge on any atom is -0.355 e. The Bertz CT molecular complexity index is 318. The van der Waals surface area contributed by atoms with Gasteiger partial charge in [-0.25, -0.2) is 0 Å². The van der Waals surface area contributed by atoms with Crippen molar-refractivity contribution in [1.82, 2.24) is 10.6 Å². The number of hydrogen-bond acceptors (Lipinski definition) is 3. The molecule has 0 bridgehead atoms. The Morgan fingerprint density at radius 1 is 0.955 bits per heavy atom. The van der Waals surface area contributed by atoms with Gasteiger partial charge in [0.2, 0.25) is 5.91 Å². The molecule has 0 aromatic rings. The van der Waals surface area contributed by atoms with E-state index in [4.69, 9.17) is 5.73 Å². The predicted octanol–water partition coefficient (Wildman–Crippen LogP) is 2.71. The molecule has 0 unspecified atom stereocenters. The molecule has 0 aromatic heterocycles. The van der Waals surface area contributed by atoms with Crippen molar-refractivity contribution in [3.63, 3.8) is 0 Å². The summed E-state index contributed by atoms with van der Waals surface area (Å²) in [7, 11) is 0. The minimum absolute atomic E-state index is 0.0804. The van der Waals surface area contributed by atoms with Crippen LogP contribution >= 0.6 is 0 Å². The summed E-state index contributed by atoms with van der Waals surface area (Å²) in [5.41, 5.74) is 6.04. The summed E-state index contributed by atoms with van der Waals surface area (Å²) < 4.78 is 0. The van der Waals surface area contributed by atoms with Crippen LogP contribution in [0.3, 0.4) is 0 Å². The summed E-state index contributed by atoms with van der Waals surface area (Å²) in [5.74, 6) is 0.190. The van der Waals surface area contributed by atoms with Gasteiger partial charge in [0.25, 0.3) is 0 Å². The molecule has 22 heavy (non-hydrogen) atoms. The first kappa shape index (κ1) is 17.7. The molecule has 2 rings (SSSR count). The van der Waals surface area contributed by atoms with Gasteiger partial charge in [0.05, 0.1) is 0 Å². The second-order valence-electron chi connectivity index (χ2n) is 7.43. The monoisotopic (exact) mass is 309 g/mol. The molecule has 1 amide bonds. The van der Waals surface area contributed by atoms with Gasteiger partial charge in [-0.1, -0.05) is 44.9 Å². The molecule has 2 saturated carbocycles. The van der Waals surface area contributed by atoms with Gasteiger partial charge >= 0.3 is 0 Å². The van der Waals surface area contributed by atoms with Crippen molar-refractivity contribution in [2.75, 3.05) is 19.6 Å². The third-order valence-electron chi connectivity index (χ3n) is 5.62. The van der Waals surface area contributed by atoms with Crippen molar-refractivity contribution < 1.29 is 4.79 Å². The zero-order chi connectivity index (χ0) is 15.7. The molecule has 2 fully saturated rings. The van der Waals surface area contributed by atoms with E-state index < -0.39 is 0 Å². The van der Waals surface area contributed by atoms with Crippen LogP contribution in [0.25, 0.3) is 0 Å². The van der Waals surface area contributed by atoms with Crippen LogP contribution in [-0.4, -0.2) is 31.6 Å². The predicted molar refractivity (Wildman–Crippen MR) is 91.7 cm³/mol. The average Bonchev–Trinajstić information content (AvgIpc) is 2.81. The van der Waals surface area contributed by atoms with Crippen LogP contribution in [0.5, 0.6) is 0 Å². The summed E-state index contributed by atoms with van der Waals surface area (Å²) >= 11 is 0. The molecule has 0 atom stereocenters. The van der Waals surface area contributed by atoms with Crippen molar-refractivity contribution in [3.05, 3.63) is 0 Å².